The van der Waals surface area contributed by atoms with Gasteiger partial charge in [-0.3, -0.25) is 0 Å². The Morgan fingerprint density at radius 1 is 1.30 bits per heavy atom. The second kappa shape index (κ2) is 7.19. The van der Waals surface area contributed by atoms with Gasteiger partial charge >= 0.3 is 12.3 Å². The topological polar surface area (TPSA) is 29.5 Å². The fourth-order valence-electron chi connectivity index (χ4n) is 1.39. The molecule has 0 heterocycles. The molecule has 1 N–H and O–H groups in total. The first kappa shape index (κ1) is 17.1. The molecule has 1 unspecified atom stereocenters. The number of benzene rings is 1. The molecule has 1 aromatic rings. The van der Waals surface area contributed by atoms with Crippen molar-refractivity contribution in [2.24, 2.45) is 0 Å². The van der Waals surface area contributed by atoms with E-state index in [0.717, 1.165) is 6.07 Å². The highest BCUT2D eigenvalue weighted by Crippen LogP contribution is 2.23. The van der Waals surface area contributed by atoms with Crippen molar-refractivity contribution in [2.45, 2.75) is 24.9 Å². The number of hydrogen-bond acceptors (Lipinski definition) is 2. The predicted octanol–water partition coefficient (Wildman–Crippen LogP) is 3.30. The van der Waals surface area contributed by atoms with Crippen LogP contribution < -0.4 is 0 Å². The molecule has 0 aromatic heterocycles. The maximum atomic E-state index is 13.1. The quantitative estimate of drug-likeness (QED) is 0.782. The van der Waals surface area contributed by atoms with E-state index in [1.165, 1.54) is 12.1 Å². The van der Waals surface area contributed by atoms with E-state index in [1.807, 2.05) is 0 Å². The van der Waals surface area contributed by atoms with Crippen LogP contribution in [0.4, 0.5) is 22.0 Å². The SMILES string of the molecule is OC(COCC(F)(F)C(F)F)Cc1ccc(Cl)c(F)c1. The summed E-state index contributed by atoms with van der Waals surface area (Å²) >= 11 is 5.46. The van der Waals surface area contributed by atoms with Crippen molar-refractivity contribution in [3.8, 4) is 0 Å². The molecule has 0 bridgehead atoms. The van der Waals surface area contributed by atoms with E-state index in [2.05, 4.69) is 4.74 Å². The molecule has 0 amide bonds. The summed E-state index contributed by atoms with van der Waals surface area (Å²) in [6.45, 7) is -2.05. The van der Waals surface area contributed by atoms with Crippen molar-refractivity contribution in [1.82, 2.24) is 0 Å². The standard InChI is InChI=1S/C12H12ClF5O2/c13-9-2-1-7(4-10(9)14)3-8(19)5-20-6-12(17,18)11(15)16/h1-2,4,8,11,19H,3,5-6H2. The monoisotopic (exact) mass is 318 g/mol. The Morgan fingerprint density at radius 3 is 2.50 bits per heavy atom. The van der Waals surface area contributed by atoms with Gasteiger partial charge in [0.15, 0.2) is 0 Å². The van der Waals surface area contributed by atoms with Crippen molar-refractivity contribution < 1.29 is 31.8 Å². The van der Waals surface area contributed by atoms with E-state index in [4.69, 9.17) is 11.6 Å². The third-order valence-electron chi connectivity index (χ3n) is 2.38. The smallest absolute Gasteiger partial charge is 0.330 e. The van der Waals surface area contributed by atoms with Gasteiger partial charge in [0.1, 0.15) is 12.4 Å². The highest BCUT2D eigenvalue weighted by molar-refractivity contribution is 6.30. The lowest BCUT2D eigenvalue weighted by Gasteiger charge is -2.17. The number of alkyl halides is 4. The van der Waals surface area contributed by atoms with Crippen molar-refractivity contribution in [2.75, 3.05) is 13.2 Å². The third-order valence-corrected chi connectivity index (χ3v) is 2.69. The average molecular weight is 319 g/mol. The Hall–Kier alpha value is -0.920. The van der Waals surface area contributed by atoms with Gasteiger partial charge in [-0.1, -0.05) is 17.7 Å². The molecule has 1 aromatic carbocycles. The van der Waals surface area contributed by atoms with Crippen molar-refractivity contribution in [1.29, 1.82) is 0 Å². The number of aliphatic hydroxyl groups excluding tert-OH is 1. The summed E-state index contributed by atoms with van der Waals surface area (Å²) in [5, 5.41) is 9.40. The van der Waals surface area contributed by atoms with Crippen molar-refractivity contribution >= 4 is 11.6 Å². The number of rotatable bonds is 7. The lowest BCUT2D eigenvalue weighted by Crippen LogP contribution is -2.34. The minimum absolute atomic E-state index is 0.0751. The summed E-state index contributed by atoms with van der Waals surface area (Å²) in [6, 6.07) is 3.81. The van der Waals surface area contributed by atoms with Crippen LogP contribution in [0.3, 0.4) is 0 Å². The molecular weight excluding hydrogens is 307 g/mol. The first-order valence-corrected chi connectivity index (χ1v) is 5.96. The fourth-order valence-corrected chi connectivity index (χ4v) is 1.51. The van der Waals surface area contributed by atoms with Crippen LogP contribution in [0.5, 0.6) is 0 Å². The van der Waals surface area contributed by atoms with E-state index in [9.17, 15) is 27.1 Å². The lowest BCUT2D eigenvalue weighted by molar-refractivity contribution is -0.170. The molecule has 0 fully saturated rings. The number of halogens is 6. The zero-order valence-electron chi connectivity index (χ0n) is 10.1. The predicted molar refractivity (Wildman–Crippen MR) is 62.9 cm³/mol. The minimum atomic E-state index is -4.26. The van der Waals surface area contributed by atoms with Gasteiger partial charge in [-0.15, -0.1) is 0 Å². The van der Waals surface area contributed by atoms with Gasteiger partial charge in [0.25, 0.3) is 0 Å². The minimum Gasteiger partial charge on any atom is -0.390 e. The Bertz CT molecular complexity index is 442. The summed E-state index contributed by atoms with van der Waals surface area (Å²) in [6.07, 6.45) is -5.12. The number of aliphatic hydroxyl groups is 1. The van der Waals surface area contributed by atoms with Gasteiger partial charge in [-0.25, -0.2) is 13.2 Å². The Kier molecular flexibility index (Phi) is 6.16. The Morgan fingerprint density at radius 2 is 1.95 bits per heavy atom. The second-order valence-electron chi connectivity index (χ2n) is 4.18. The van der Waals surface area contributed by atoms with Crippen LogP contribution in [0.15, 0.2) is 18.2 Å². The fraction of sp³-hybridized carbons (Fsp3) is 0.500. The molecule has 20 heavy (non-hydrogen) atoms. The molecule has 0 aliphatic rings. The molecule has 0 aliphatic heterocycles. The maximum Gasteiger partial charge on any atom is 0.330 e. The molecule has 0 saturated heterocycles. The maximum absolute atomic E-state index is 13.1. The van der Waals surface area contributed by atoms with Crippen LogP contribution in [0.2, 0.25) is 5.02 Å². The zero-order chi connectivity index (χ0) is 15.3. The Balaban J connectivity index is 2.40. The molecule has 0 saturated carbocycles. The van der Waals surface area contributed by atoms with Crippen LogP contribution in [0, 0.1) is 5.82 Å². The van der Waals surface area contributed by atoms with Gasteiger partial charge in [0, 0.05) is 6.42 Å². The third kappa shape index (κ3) is 5.22. The highest BCUT2D eigenvalue weighted by atomic mass is 35.5. The molecule has 1 atom stereocenters. The van der Waals surface area contributed by atoms with Gasteiger partial charge in [-0.2, -0.15) is 8.78 Å². The first-order chi connectivity index (χ1) is 9.22. The molecule has 0 spiro atoms. The Labute approximate surface area is 117 Å². The summed E-state index contributed by atoms with van der Waals surface area (Å²) in [5.41, 5.74) is 0.378. The largest absolute Gasteiger partial charge is 0.390 e. The molecular formula is C12H12ClF5O2. The van der Waals surface area contributed by atoms with E-state index >= 15 is 0 Å². The van der Waals surface area contributed by atoms with Gasteiger partial charge in [0.05, 0.1) is 17.7 Å². The van der Waals surface area contributed by atoms with E-state index < -0.39 is 37.5 Å². The van der Waals surface area contributed by atoms with E-state index in [-0.39, 0.29) is 11.4 Å². The van der Waals surface area contributed by atoms with E-state index in [0.29, 0.717) is 5.56 Å². The van der Waals surface area contributed by atoms with Gasteiger partial charge in [-0.05, 0) is 17.7 Å². The summed E-state index contributed by atoms with van der Waals surface area (Å²) < 4.78 is 66.1. The van der Waals surface area contributed by atoms with Gasteiger partial charge in [0.2, 0.25) is 0 Å². The molecule has 2 nitrogen and oxygen atoms in total. The average Bonchev–Trinajstić information content (AvgIpc) is 2.33. The molecule has 0 radical (unpaired) electrons. The van der Waals surface area contributed by atoms with Crippen molar-refractivity contribution in [3.63, 3.8) is 0 Å². The zero-order valence-corrected chi connectivity index (χ0v) is 10.9. The van der Waals surface area contributed by atoms with E-state index in [1.54, 1.807) is 0 Å². The number of ether oxygens (including phenoxy) is 1. The molecule has 8 heteroatoms. The van der Waals surface area contributed by atoms with Crippen LogP contribution in [-0.2, 0) is 11.2 Å². The summed E-state index contributed by atoms with van der Waals surface area (Å²) in [5.74, 6) is -4.94. The summed E-state index contributed by atoms with van der Waals surface area (Å²) in [7, 11) is 0. The van der Waals surface area contributed by atoms with Crippen LogP contribution >= 0.6 is 11.6 Å². The van der Waals surface area contributed by atoms with Crippen LogP contribution in [-0.4, -0.2) is 36.8 Å². The summed E-state index contributed by atoms with van der Waals surface area (Å²) in [4.78, 5) is 0. The molecule has 0 aliphatic carbocycles. The molecule has 114 valence electrons. The first-order valence-electron chi connectivity index (χ1n) is 5.58. The normalized spacial score (nSPS) is 13.8. The van der Waals surface area contributed by atoms with Crippen LogP contribution in [0.1, 0.15) is 5.56 Å². The van der Waals surface area contributed by atoms with Crippen molar-refractivity contribution in [3.05, 3.63) is 34.6 Å². The second-order valence-corrected chi connectivity index (χ2v) is 4.59. The molecule has 1 rings (SSSR count). The number of hydrogen-bond donors (Lipinski definition) is 1. The van der Waals surface area contributed by atoms with Gasteiger partial charge < -0.3 is 9.84 Å². The van der Waals surface area contributed by atoms with Crippen LogP contribution in [0.25, 0.3) is 0 Å². The highest BCUT2D eigenvalue weighted by Gasteiger charge is 2.41. The lowest BCUT2D eigenvalue weighted by atomic mass is 10.1.